The fourth-order valence-electron chi connectivity index (χ4n) is 4.31. The number of hydrogen-bond donors (Lipinski definition) is 1. The number of rotatable bonds is 7. The van der Waals surface area contributed by atoms with E-state index in [9.17, 15) is 14.0 Å². The van der Waals surface area contributed by atoms with Crippen LogP contribution in [0.15, 0.2) is 24.0 Å². The average molecular weight is 405 g/mol. The number of allylic oxidation sites excluding steroid dienone is 1. The lowest BCUT2D eigenvalue weighted by Crippen LogP contribution is -2.45. The third-order valence-corrected chi connectivity index (χ3v) is 5.81. The molecule has 1 unspecified atom stereocenters. The van der Waals surface area contributed by atoms with Crippen LogP contribution in [0.4, 0.5) is 10.1 Å². The molecule has 7 heteroatoms. The molecule has 1 aromatic rings. The first kappa shape index (κ1) is 21.3. The maximum atomic E-state index is 14.7. The largest absolute Gasteiger partial charge is 0.494 e. The Morgan fingerprint density at radius 2 is 2.21 bits per heavy atom. The Bertz CT molecular complexity index is 837. The van der Waals surface area contributed by atoms with E-state index < -0.39 is 11.4 Å². The Morgan fingerprint density at radius 1 is 1.45 bits per heavy atom. The fourth-order valence-corrected chi connectivity index (χ4v) is 4.31. The number of ketones is 1. The summed E-state index contributed by atoms with van der Waals surface area (Å²) in [6.07, 6.45) is 4.13. The van der Waals surface area contributed by atoms with Gasteiger partial charge in [0, 0.05) is 25.0 Å². The minimum Gasteiger partial charge on any atom is -0.494 e. The Balaban J connectivity index is 1.91. The van der Waals surface area contributed by atoms with Crippen molar-refractivity contribution in [3.8, 4) is 5.75 Å². The van der Waals surface area contributed by atoms with Gasteiger partial charge in [-0.3, -0.25) is 9.59 Å². The molecule has 1 aliphatic heterocycles. The summed E-state index contributed by atoms with van der Waals surface area (Å²) in [5, 5.41) is 2.68. The Labute approximate surface area is 170 Å². The average Bonchev–Trinajstić information content (AvgIpc) is 3.08. The second kappa shape index (κ2) is 8.53. The topological polar surface area (TPSA) is 73.9 Å². The maximum Gasteiger partial charge on any atom is 0.221 e. The van der Waals surface area contributed by atoms with Crippen LogP contribution in [0, 0.1) is 17.7 Å². The zero-order valence-electron chi connectivity index (χ0n) is 17.3. The van der Waals surface area contributed by atoms with Crippen molar-refractivity contribution in [1.82, 2.24) is 0 Å². The standard InChI is InChI=1S/C22H28FNO5/c1-5-6-15-11-22(21(10-19(15)26)28-12-29-22)13(2)7-16-8-18(24-14(3)25)20(27-4)9-17(16)23/h8-10,13,15H,5-7,11-12H2,1-4H3,(H,24,25)/t13?,15-,22+/m0/s1. The summed E-state index contributed by atoms with van der Waals surface area (Å²) >= 11 is 0. The van der Waals surface area contributed by atoms with Gasteiger partial charge in [0.05, 0.1) is 12.8 Å². The third kappa shape index (κ3) is 4.15. The molecule has 1 aliphatic carbocycles. The van der Waals surface area contributed by atoms with Gasteiger partial charge in [0.25, 0.3) is 0 Å². The van der Waals surface area contributed by atoms with Crippen molar-refractivity contribution in [2.75, 3.05) is 19.2 Å². The van der Waals surface area contributed by atoms with Crippen molar-refractivity contribution in [2.24, 2.45) is 11.8 Å². The highest BCUT2D eigenvalue weighted by Gasteiger charge is 2.51. The maximum absolute atomic E-state index is 14.7. The molecule has 29 heavy (non-hydrogen) atoms. The smallest absolute Gasteiger partial charge is 0.221 e. The molecule has 0 saturated carbocycles. The molecule has 0 bridgehead atoms. The number of fused-ring (bicyclic) bond motifs is 1. The number of ether oxygens (including phenoxy) is 3. The van der Waals surface area contributed by atoms with Crippen LogP contribution in [0.1, 0.15) is 45.6 Å². The molecule has 1 fully saturated rings. The van der Waals surface area contributed by atoms with Gasteiger partial charge in [-0.2, -0.15) is 0 Å². The van der Waals surface area contributed by atoms with Crippen LogP contribution < -0.4 is 10.1 Å². The molecule has 0 aromatic heterocycles. The van der Waals surface area contributed by atoms with Crippen molar-refractivity contribution >= 4 is 17.4 Å². The molecule has 1 heterocycles. The van der Waals surface area contributed by atoms with E-state index >= 15 is 0 Å². The number of methoxy groups -OCH3 is 1. The molecular formula is C22H28FNO5. The second-order valence-corrected chi connectivity index (χ2v) is 7.83. The number of carbonyl (C=O) groups is 2. The quantitative estimate of drug-likeness (QED) is 0.743. The molecule has 158 valence electrons. The lowest BCUT2D eigenvalue weighted by Gasteiger charge is -2.38. The summed E-state index contributed by atoms with van der Waals surface area (Å²) in [5.41, 5.74) is 0.118. The number of halogens is 1. The minimum atomic E-state index is -0.742. The zero-order chi connectivity index (χ0) is 21.2. The van der Waals surface area contributed by atoms with Crippen LogP contribution in [0.3, 0.4) is 0 Å². The SMILES string of the molecule is CCC[C@H]1C[C@]2(C(C)Cc3cc(NC(C)=O)c(OC)cc3F)OCOC2=CC1=O. The first-order valence-electron chi connectivity index (χ1n) is 9.97. The molecular weight excluding hydrogens is 377 g/mol. The first-order valence-corrected chi connectivity index (χ1v) is 9.97. The number of benzene rings is 1. The first-order chi connectivity index (χ1) is 13.8. The number of hydrogen-bond acceptors (Lipinski definition) is 5. The highest BCUT2D eigenvalue weighted by molar-refractivity contribution is 5.93. The number of amides is 1. The molecule has 0 spiro atoms. The van der Waals surface area contributed by atoms with E-state index in [1.54, 1.807) is 12.1 Å². The molecule has 0 radical (unpaired) electrons. The molecule has 1 saturated heterocycles. The number of anilines is 1. The minimum absolute atomic E-state index is 0.0683. The Morgan fingerprint density at radius 3 is 2.86 bits per heavy atom. The Kier molecular flexibility index (Phi) is 6.27. The lowest BCUT2D eigenvalue weighted by atomic mass is 9.71. The van der Waals surface area contributed by atoms with Crippen LogP contribution >= 0.6 is 0 Å². The van der Waals surface area contributed by atoms with Crippen LogP contribution in [0.5, 0.6) is 5.75 Å². The van der Waals surface area contributed by atoms with Gasteiger partial charge >= 0.3 is 0 Å². The van der Waals surface area contributed by atoms with E-state index in [2.05, 4.69) is 5.32 Å². The van der Waals surface area contributed by atoms with E-state index in [1.807, 2.05) is 13.8 Å². The Hall–Kier alpha value is -2.41. The van der Waals surface area contributed by atoms with Crippen molar-refractivity contribution < 1.29 is 28.2 Å². The summed E-state index contributed by atoms with van der Waals surface area (Å²) in [6.45, 7) is 5.50. The van der Waals surface area contributed by atoms with Gasteiger partial charge in [0.15, 0.2) is 12.6 Å². The third-order valence-electron chi connectivity index (χ3n) is 5.81. The van der Waals surface area contributed by atoms with Crippen molar-refractivity contribution in [1.29, 1.82) is 0 Å². The van der Waals surface area contributed by atoms with Crippen LogP contribution in [-0.4, -0.2) is 31.2 Å². The predicted molar refractivity (Wildman–Crippen MR) is 106 cm³/mol. The molecule has 1 amide bonds. The number of carbonyl (C=O) groups excluding carboxylic acids is 2. The van der Waals surface area contributed by atoms with Crippen LogP contribution in [0.2, 0.25) is 0 Å². The molecule has 6 nitrogen and oxygen atoms in total. The van der Waals surface area contributed by atoms with Gasteiger partial charge in [-0.05, 0) is 36.8 Å². The van der Waals surface area contributed by atoms with E-state index in [4.69, 9.17) is 14.2 Å². The van der Waals surface area contributed by atoms with Gasteiger partial charge in [-0.1, -0.05) is 20.3 Å². The van der Waals surface area contributed by atoms with Gasteiger partial charge in [-0.25, -0.2) is 4.39 Å². The molecule has 1 N–H and O–H groups in total. The number of nitrogens with one attached hydrogen (secondary N) is 1. The molecule has 2 aliphatic rings. The summed E-state index contributed by atoms with van der Waals surface area (Å²) in [4.78, 5) is 23.9. The summed E-state index contributed by atoms with van der Waals surface area (Å²) in [6, 6.07) is 2.87. The van der Waals surface area contributed by atoms with Gasteiger partial charge in [0.1, 0.15) is 22.9 Å². The van der Waals surface area contributed by atoms with Crippen molar-refractivity contribution in [2.45, 2.75) is 52.1 Å². The monoisotopic (exact) mass is 405 g/mol. The summed E-state index contributed by atoms with van der Waals surface area (Å²) in [7, 11) is 1.43. The lowest BCUT2D eigenvalue weighted by molar-refractivity contribution is -0.123. The second-order valence-electron chi connectivity index (χ2n) is 7.83. The summed E-state index contributed by atoms with van der Waals surface area (Å²) in [5.74, 6) is -0.0731. The predicted octanol–water partition coefficient (Wildman–Crippen LogP) is 3.99. The van der Waals surface area contributed by atoms with Crippen LogP contribution in [0.25, 0.3) is 0 Å². The zero-order valence-corrected chi connectivity index (χ0v) is 17.3. The molecule has 3 atom stereocenters. The van der Waals surface area contributed by atoms with Crippen molar-refractivity contribution in [3.05, 3.63) is 35.3 Å². The van der Waals surface area contributed by atoms with E-state index in [0.29, 0.717) is 29.9 Å². The highest BCUT2D eigenvalue weighted by atomic mass is 19.1. The van der Waals surface area contributed by atoms with Gasteiger partial charge in [0.2, 0.25) is 5.91 Å². The molecule has 1 aromatic carbocycles. The van der Waals surface area contributed by atoms with E-state index in [0.717, 1.165) is 12.8 Å². The van der Waals surface area contributed by atoms with Crippen LogP contribution in [-0.2, 0) is 25.5 Å². The molecule has 3 rings (SSSR count). The van der Waals surface area contributed by atoms with Gasteiger partial charge in [-0.15, -0.1) is 0 Å². The highest BCUT2D eigenvalue weighted by Crippen LogP contribution is 2.46. The summed E-state index contributed by atoms with van der Waals surface area (Å²) < 4.78 is 31.6. The normalized spacial score (nSPS) is 24.4. The fraction of sp³-hybridized carbons (Fsp3) is 0.545. The van der Waals surface area contributed by atoms with Gasteiger partial charge < -0.3 is 19.5 Å². The van der Waals surface area contributed by atoms with E-state index in [1.165, 1.54) is 20.1 Å². The van der Waals surface area contributed by atoms with E-state index in [-0.39, 0.29) is 36.1 Å². The van der Waals surface area contributed by atoms with Crippen molar-refractivity contribution in [3.63, 3.8) is 0 Å².